The van der Waals surface area contributed by atoms with Crippen LogP contribution in [0.2, 0.25) is 0 Å². The molecular weight excluding hydrogens is 202 g/mol. The van der Waals surface area contributed by atoms with E-state index in [-0.39, 0.29) is 0 Å². The second-order valence-electron chi connectivity index (χ2n) is 3.63. The third-order valence-corrected chi connectivity index (χ3v) is 2.54. The van der Waals surface area contributed by atoms with Gasteiger partial charge in [0.15, 0.2) is 0 Å². The molecule has 0 fully saturated rings. The zero-order valence-electron chi connectivity index (χ0n) is 9.47. The van der Waals surface area contributed by atoms with Crippen LogP contribution in [0.4, 0.5) is 0 Å². The van der Waals surface area contributed by atoms with Crippen molar-refractivity contribution < 1.29 is 4.74 Å². The third-order valence-electron chi connectivity index (χ3n) is 2.54. The van der Waals surface area contributed by atoms with E-state index in [2.05, 4.69) is 5.10 Å². The van der Waals surface area contributed by atoms with Crippen molar-refractivity contribution in [3.63, 3.8) is 0 Å². The SMILES string of the molecule is COc1ccc(-c2cnn(C)c2)cc1CN. The lowest BCUT2D eigenvalue weighted by atomic mass is 10.1. The van der Waals surface area contributed by atoms with Gasteiger partial charge < -0.3 is 10.5 Å². The number of rotatable bonds is 3. The van der Waals surface area contributed by atoms with Crippen LogP contribution in [0.1, 0.15) is 5.56 Å². The van der Waals surface area contributed by atoms with E-state index in [0.717, 1.165) is 22.4 Å². The maximum Gasteiger partial charge on any atom is 0.123 e. The van der Waals surface area contributed by atoms with Crippen molar-refractivity contribution >= 4 is 0 Å². The minimum Gasteiger partial charge on any atom is -0.496 e. The number of benzene rings is 1. The lowest BCUT2D eigenvalue weighted by Crippen LogP contribution is -1.99. The Hall–Kier alpha value is -1.81. The Morgan fingerprint density at radius 2 is 2.19 bits per heavy atom. The Morgan fingerprint density at radius 3 is 2.75 bits per heavy atom. The van der Waals surface area contributed by atoms with Crippen molar-refractivity contribution in [2.24, 2.45) is 12.8 Å². The predicted octanol–water partition coefficient (Wildman–Crippen LogP) is 1.55. The number of aryl methyl sites for hydroxylation is 1. The van der Waals surface area contributed by atoms with Gasteiger partial charge in [-0.2, -0.15) is 5.10 Å². The lowest BCUT2D eigenvalue weighted by Gasteiger charge is -2.08. The summed E-state index contributed by atoms with van der Waals surface area (Å²) in [5.74, 6) is 0.829. The van der Waals surface area contributed by atoms with Crippen LogP contribution in [0.3, 0.4) is 0 Å². The van der Waals surface area contributed by atoms with Crippen molar-refractivity contribution in [3.8, 4) is 16.9 Å². The second kappa shape index (κ2) is 4.37. The van der Waals surface area contributed by atoms with Gasteiger partial charge in [0.05, 0.1) is 13.3 Å². The second-order valence-corrected chi connectivity index (χ2v) is 3.63. The van der Waals surface area contributed by atoms with Crippen molar-refractivity contribution in [1.29, 1.82) is 0 Å². The Kier molecular flexibility index (Phi) is 2.92. The molecule has 2 N–H and O–H groups in total. The van der Waals surface area contributed by atoms with E-state index in [9.17, 15) is 0 Å². The first kappa shape index (κ1) is 10.7. The van der Waals surface area contributed by atoms with E-state index in [0.29, 0.717) is 6.54 Å². The van der Waals surface area contributed by atoms with Gasteiger partial charge in [-0.15, -0.1) is 0 Å². The molecule has 0 radical (unpaired) electrons. The normalized spacial score (nSPS) is 10.4. The van der Waals surface area contributed by atoms with Gasteiger partial charge in [-0.25, -0.2) is 0 Å². The highest BCUT2D eigenvalue weighted by molar-refractivity contribution is 5.64. The summed E-state index contributed by atoms with van der Waals surface area (Å²) in [6, 6.07) is 5.98. The summed E-state index contributed by atoms with van der Waals surface area (Å²) in [4.78, 5) is 0. The van der Waals surface area contributed by atoms with E-state index in [1.165, 1.54) is 0 Å². The molecule has 0 amide bonds. The van der Waals surface area contributed by atoms with Gasteiger partial charge in [-0.3, -0.25) is 4.68 Å². The van der Waals surface area contributed by atoms with Crippen LogP contribution < -0.4 is 10.5 Å². The fourth-order valence-electron chi connectivity index (χ4n) is 1.69. The topological polar surface area (TPSA) is 53.1 Å². The minimum absolute atomic E-state index is 0.470. The van der Waals surface area contributed by atoms with E-state index >= 15 is 0 Å². The number of hydrogen-bond acceptors (Lipinski definition) is 3. The fourth-order valence-corrected chi connectivity index (χ4v) is 1.69. The summed E-state index contributed by atoms with van der Waals surface area (Å²) in [7, 11) is 3.55. The molecule has 1 heterocycles. The van der Waals surface area contributed by atoms with Crippen LogP contribution in [0, 0.1) is 0 Å². The molecule has 0 spiro atoms. The zero-order chi connectivity index (χ0) is 11.5. The number of hydrogen-bond donors (Lipinski definition) is 1. The Bertz CT molecular complexity index is 491. The quantitative estimate of drug-likeness (QED) is 0.848. The molecule has 4 nitrogen and oxygen atoms in total. The molecule has 0 unspecified atom stereocenters. The largest absolute Gasteiger partial charge is 0.496 e. The smallest absolute Gasteiger partial charge is 0.123 e. The van der Waals surface area contributed by atoms with Crippen molar-refractivity contribution in [3.05, 3.63) is 36.2 Å². The fraction of sp³-hybridized carbons (Fsp3) is 0.250. The van der Waals surface area contributed by atoms with Crippen LogP contribution in [0.15, 0.2) is 30.6 Å². The standard InChI is InChI=1S/C12H15N3O/c1-15-8-11(7-14-15)9-3-4-12(16-2)10(5-9)6-13/h3-5,7-8H,6,13H2,1-2H3. The molecule has 0 aliphatic heterocycles. The summed E-state index contributed by atoms with van der Waals surface area (Å²) >= 11 is 0. The Labute approximate surface area is 94.6 Å². The predicted molar refractivity (Wildman–Crippen MR) is 63.1 cm³/mol. The first-order valence-corrected chi connectivity index (χ1v) is 5.10. The summed E-state index contributed by atoms with van der Waals surface area (Å²) in [5.41, 5.74) is 8.87. The van der Waals surface area contributed by atoms with Crippen molar-refractivity contribution in [1.82, 2.24) is 9.78 Å². The molecule has 1 aromatic heterocycles. The van der Waals surface area contributed by atoms with Gasteiger partial charge in [-0.1, -0.05) is 6.07 Å². The Balaban J connectivity index is 2.43. The van der Waals surface area contributed by atoms with Gasteiger partial charge in [-0.05, 0) is 17.7 Å². The molecule has 1 aromatic carbocycles. The zero-order valence-corrected chi connectivity index (χ0v) is 9.47. The number of aromatic nitrogens is 2. The molecule has 4 heteroatoms. The summed E-state index contributed by atoms with van der Waals surface area (Å²) < 4.78 is 7.01. The molecule has 0 aliphatic carbocycles. The van der Waals surface area contributed by atoms with Gasteiger partial charge >= 0.3 is 0 Å². The average Bonchev–Trinajstić information content (AvgIpc) is 2.75. The van der Waals surface area contributed by atoms with E-state index < -0.39 is 0 Å². The molecule has 2 rings (SSSR count). The lowest BCUT2D eigenvalue weighted by molar-refractivity contribution is 0.410. The van der Waals surface area contributed by atoms with Gasteiger partial charge in [0.1, 0.15) is 5.75 Å². The van der Waals surface area contributed by atoms with Crippen LogP contribution in [0.25, 0.3) is 11.1 Å². The van der Waals surface area contributed by atoms with Gasteiger partial charge in [0, 0.05) is 30.9 Å². The molecular formula is C12H15N3O. The molecule has 0 bridgehead atoms. The van der Waals surface area contributed by atoms with Crippen LogP contribution in [-0.2, 0) is 13.6 Å². The molecule has 0 saturated carbocycles. The molecule has 0 atom stereocenters. The number of ether oxygens (including phenoxy) is 1. The highest BCUT2D eigenvalue weighted by Gasteiger charge is 2.05. The highest BCUT2D eigenvalue weighted by atomic mass is 16.5. The minimum atomic E-state index is 0.470. The van der Waals surface area contributed by atoms with Crippen LogP contribution >= 0.6 is 0 Å². The van der Waals surface area contributed by atoms with E-state index in [4.69, 9.17) is 10.5 Å². The number of nitrogens with two attached hydrogens (primary N) is 1. The van der Waals surface area contributed by atoms with Gasteiger partial charge in [0.2, 0.25) is 0 Å². The molecule has 2 aromatic rings. The number of methoxy groups -OCH3 is 1. The summed E-state index contributed by atoms with van der Waals surface area (Å²) in [6.45, 7) is 0.470. The molecule has 84 valence electrons. The average molecular weight is 217 g/mol. The first-order valence-electron chi connectivity index (χ1n) is 5.10. The van der Waals surface area contributed by atoms with Crippen LogP contribution in [0.5, 0.6) is 5.75 Å². The maximum absolute atomic E-state index is 5.68. The monoisotopic (exact) mass is 217 g/mol. The summed E-state index contributed by atoms with van der Waals surface area (Å²) in [6.07, 6.45) is 3.81. The molecule has 16 heavy (non-hydrogen) atoms. The van der Waals surface area contributed by atoms with E-state index in [1.807, 2.05) is 37.6 Å². The van der Waals surface area contributed by atoms with Crippen molar-refractivity contribution in [2.45, 2.75) is 6.54 Å². The third kappa shape index (κ3) is 1.92. The van der Waals surface area contributed by atoms with Crippen molar-refractivity contribution in [2.75, 3.05) is 7.11 Å². The molecule has 0 saturated heterocycles. The van der Waals surface area contributed by atoms with Crippen LogP contribution in [-0.4, -0.2) is 16.9 Å². The first-order chi connectivity index (χ1) is 7.74. The maximum atomic E-state index is 5.68. The summed E-state index contributed by atoms with van der Waals surface area (Å²) in [5, 5.41) is 4.15. The molecule has 0 aliphatic rings. The van der Waals surface area contributed by atoms with E-state index in [1.54, 1.807) is 11.8 Å². The van der Waals surface area contributed by atoms with Gasteiger partial charge in [0.25, 0.3) is 0 Å². The Morgan fingerprint density at radius 1 is 1.38 bits per heavy atom. The number of nitrogens with zero attached hydrogens (tertiary/aromatic N) is 2. The highest BCUT2D eigenvalue weighted by Crippen LogP contribution is 2.25.